The second kappa shape index (κ2) is 6.97. The van der Waals surface area contributed by atoms with Crippen LogP contribution in [-0.2, 0) is 18.3 Å². The standard InChI is InChI=1S/C19H18FN3O3/c1-23-10-15(14-9-12(20)5-6-17(14)23)18(24)22-13-4-2-3-11(7-13)8-16(21)19(25)26/h2-7,9-10,16H,8,21H2,1H3,(H,22,24)(H,25,26). The van der Waals surface area contributed by atoms with Gasteiger partial charge in [-0.15, -0.1) is 0 Å². The predicted octanol–water partition coefficient (Wildman–Crippen LogP) is 2.52. The van der Waals surface area contributed by atoms with Gasteiger partial charge in [0.1, 0.15) is 11.9 Å². The summed E-state index contributed by atoms with van der Waals surface area (Å²) in [5.41, 5.74) is 7.86. The Morgan fingerprint density at radius 1 is 1.27 bits per heavy atom. The summed E-state index contributed by atoms with van der Waals surface area (Å²) >= 11 is 0. The van der Waals surface area contributed by atoms with Gasteiger partial charge in [-0.3, -0.25) is 9.59 Å². The van der Waals surface area contributed by atoms with E-state index < -0.39 is 17.8 Å². The Bertz CT molecular complexity index is 997. The average Bonchev–Trinajstić information content (AvgIpc) is 2.91. The number of hydrogen-bond donors (Lipinski definition) is 3. The molecule has 26 heavy (non-hydrogen) atoms. The molecule has 0 aliphatic carbocycles. The molecule has 0 saturated carbocycles. The minimum atomic E-state index is -1.09. The van der Waals surface area contributed by atoms with Gasteiger partial charge in [0.25, 0.3) is 5.91 Å². The maximum absolute atomic E-state index is 13.6. The number of nitrogens with zero attached hydrogens (tertiary/aromatic N) is 1. The first kappa shape index (κ1) is 17.6. The van der Waals surface area contributed by atoms with E-state index in [9.17, 15) is 14.0 Å². The molecular formula is C19H18FN3O3. The first-order chi connectivity index (χ1) is 12.3. The molecule has 7 heteroatoms. The minimum Gasteiger partial charge on any atom is -0.480 e. The normalized spacial score (nSPS) is 12.1. The Balaban J connectivity index is 1.85. The third-order valence-corrected chi connectivity index (χ3v) is 4.15. The summed E-state index contributed by atoms with van der Waals surface area (Å²) in [5.74, 6) is -1.87. The smallest absolute Gasteiger partial charge is 0.320 e. The molecule has 0 aliphatic heterocycles. The highest BCUT2D eigenvalue weighted by molar-refractivity contribution is 6.13. The summed E-state index contributed by atoms with van der Waals surface area (Å²) in [6, 6.07) is 10.1. The van der Waals surface area contributed by atoms with Crippen molar-refractivity contribution >= 4 is 28.5 Å². The zero-order chi connectivity index (χ0) is 18.8. The number of carboxylic acid groups (broad SMARTS) is 1. The Kier molecular flexibility index (Phi) is 4.73. The molecule has 1 heterocycles. The van der Waals surface area contributed by atoms with E-state index in [2.05, 4.69) is 5.32 Å². The molecule has 1 amide bonds. The average molecular weight is 355 g/mol. The summed E-state index contributed by atoms with van der Waals surface area (Å²) in [4.78, 5) is 23.5. The Hall–Kier alpha value is -3.19. The molecule has 6 nitrogen and oxygen atoms in total. The molecule has 1 unspecified atom stereocenters. The molecule has 0 saturated heterocycles. The van der Waals surface area contributed by atoms with Gasteiger partial charge in [-0.25, -0.2) is 4.39 Å². The molecule has 0 bridgehead atoms. The number of aryl methyl sites for hydroxylation is 1. The topological polar surface area (TPSA) is 97.4 Å². The van der Waals surface area contributed by atoms with Crippen molar-refractivity contribution < 1.29 is 19.1 Å². The minimum absolute atomic E-state index is 0.151. The predicted molar refractivity (Wildman–Crippen MR) is 96.6 cm³/mol. The van der Waals surface area contributed by atoms with E-state index in [0.717, 1.165) is 5.52 Å². The van der Waals surface area contributed by atoms with E-state index in [4.69, 9.17) is 10.8 Å². The summed E-state index contributed by atoms with van der Waals surface area (Å²) < 4.78 is 15.3. The van der Waals surface area contributed by atoms with Crippen LogP contribution < -0.4 is 11.1 Å². The fourth-order valence-electron chi connectivity index (χ4n) is 2.86. The van der Waals surface area contributed by atoms with Gasteiger partial charge < -0.3 is 20.7 Å². The van der Waals surface area contributed by atoms with Crippen LogP contribution in [0, 0.1) is 5.82 Å². The molecule has 0 aliphatic rings. The van der Waals surface area contributed by atoms with Gasteiger partial charge in [-0.1, -0.05) is 12.1 Å². The number of nitrogens with one attached hydrogen (secondary N) is 1. The van der Waals surface area contributed by atoms with E-state index >= 15 is 0 Å². The quantitative estimate of drug-likeness (QED) is 0.655. The molecule has 0 radical (unpaired) electrons. The number of carboxylic acids is 1. The van der Waals surface area contributed by atoms with Crippen molar-refractivity contribution in [3.8, 4) is 0 Å². The zero-order valence-electron chi connectivity index (χ0n) is 14.1. The summed E-state index contributed by atoms with van der Waals surface area (Å²) in [7, 11) is 1.78. The number of nitrogens with two attached hydrogens (primary N) is 1. The summed E-state index contributed by atoms with van der Waals surface area (Å²) in [5, 5.41) is 12.2. The highest BCUT2D eigenvalue weighted by Crippen LogP contribution is 2.23. The van der Waals surface area contributed by atoms with Gasteiger partial charge in [-0.05, 0) is 42.3 Å². The number of amides is 1. The van der Waals surface area contributed by atoms with Crippen LogP contribution in [-0.4, -0.2) is 27.6 Å². The fraction of sp³-hybridized carbons (Fsp3) is 0.158. The number of carbonyl (C=O) groups is 2. The molecule has 3 aromatic rings. The Labute approximate surface area is 149 Å². The van der Waals surface area contributed by atoms with Crippen molar-refractivity contribution in [2.75, 3.05) is 5.32 Å². The fourth-order valence-corrected chi connectivity index (χ4v) is 2.86. The van der Waals surface area contributed by atoms with Crippen LogP contribution in [0.3, 0.4) is 0 Å². The van der Waals surface area contributed by atoms with Gasteiger partial charge in [0, 0.05) is 29.8 Å². The summed E-state index contributed by atoms with van der Waals surface area (Å²) in [6.07, 6.45) is 1.79. The van der Waals surface area contributed by atoms with Gasteiger partial charge in [0.2, 0.25) is 0 Å². The monoisotopic (exact) mass is 355 g/mol. The van der Waals surface area contributed by atoms with Crippen molar-refractivity contribution in [1.29, 1.82) is 0 Å². The van der Waals surface area contributed by atoms with Crippen molar-refractivity contribution in [2.45, 2.75) is 12.5 Å². The molecule has 0 fully saturated rings. The molecular weight excluding hydrogens is 337 g/mol. The first-order valence-corrected chi connectivity index (χ1v) is 7.98. The zero-order valence-corrected chi connectivity index (χ0v) is 14.1. The Morgan fingerprint density at radius 3 is 2.77 bits per heavy atom. The van der Waals surface area contributed by atoms with Crippen LogP contribution in [0.25, 0.3) is 10.9 Å². The first-order valence-electron chi connectivity index (χ1n) is 7.98. The third kappa shape index (κ3) is 3.57. The van der Waals surface area contributed by atoms with Gasteiger partial charge in [-0.2, -0.15) is 0 Å². The second-order valence-electron chi connectivity index (χ2n) is 6.12. The van der Waals surface area contributed by atoms with E-state index in [1.165, 1.54) is 12.1 Å². The number of halogens is 1. The van der Waals surface area contributed by atoms with Gasteiger partial charge in [0.05, 0.1) is 5.56 Å². The van der Waals surface area contributed by atoms with Crippen molar-refractivity contribution in [3.63, 3.8) is 0 Å². The van der Waals surface area contributed by atoms with E-state index in [1.54, 1.807) is 48.1 Å². The lowest BCUT2D eigenvalue weighted by Gasteiger charge is -2.09. The lowest BCUT2D eigenvalue weighted by molar-refractivity contribution is -0.138. The van der Waals surface area contributed by atoms with Crippen molar-refractivity contribution in [1.82, 2.24) is 4.57 Å². The number of aliphatic carboxylic acids is 1. The van der Waals surface area contributed by atoms with Crippen molar-refractivity contribution in [3.05, 3.63) is 65.6 Å². The van der Waals surface area contributed by atoms with Crippen LogP contribution >= 0.6 is 0 Å². The molecule has 1 atom stereocenters. The number of fused-ring (bicyclic) bond motifs is 1. The SMILES string of the molecule is Cn1cc(C(=O)Nc2cccc(CC(N)C(=O)O)c2)c2cc(F)ccc21. The molecule has 1 aromatic heterocycles. The van der Waals surface area contributed by atoms with Gasteiger partial charge >= 0.3 is 5.97 Å². The molecule has 2 aromatic carbocycles. The number of hydrogen-bond acceptors (Lipinski definition) is 3. The second-order valence-corrected chi connectivity index (χ2v) is 6.12. The number of carbonyl (C=O) groups excluding carboxylic acids is 1. The van der Waals surface area contributed by atoms with E-state index in [1.807, 2.05) is 0 Å². The maximum Gasteiger partial charge on any atom is 0.320 e. The Morgan fingerprint density at radius 2 is 2.04 bits per heavy atom. The lowest BCUT2D eigenvalue weighted by atomic mass is 10.1. The van der Waals surface area contributed by atoms with E-state index in [0.29, 0.717) is 22.2 Å². The highest BCUT2D eigenvalue weighted by atomic mass is 19.1. The van der Waals surface area contributed by atoms with Crippen LogP contribution in [0.2, 0.25) is 0 Å². The molecule has 0 spiro atoms. The largest absolute Gasteiger partial charge is 0.480 e. The summed E-state index contributed by atoms with van der Waals surface area (Å²) in [6.45, 7) is 0. The number of anilines is 1. The number of rotatable bonds is 5. The lowest BCUT2D eigenvalue weighted by Crippen LogP contribution is -2.32. The van der Waals surface area contributed by atoms with Crippen LogP contribution in [0.15, 0.2) is 48.7 Å². The highest BCUT2D eigenvalue weighted by Gasteiger charge is 2.16. The van der Waals surface area contributed by atoms with Crippen LogP contribution in [0.4, 0.5) is 10.1 Å². The molecule has 134 valence electrons. The third-order valence-electron chi connectivity index (χ3n) is 4.15. The number of aromatic nitrogens is 1. The van der Waals surface area contributed by atoms with Crippen LogP contribution in [0.1, 0.15) is 15.9 Å². The molecule has 3 rings (SSSR count). The maximum atomic E-state index is 13.6. The molecule has 4 N–H and O–H groups in total. The van der Waals surface area contributed by atoms with E-state index in [-0.39, 0.29) is 12.3 Å². The van der Waals surface area contributed by atoms with Crippen LogP contribution in [0.5, 0.6) is 0 Å². The van der Waals surface area contributed by atoms with Crippen molar-refractivity contribution in [2.24, 2.45) is 12.8 Å². The number of benzene rings is 2. The van der Waals surface area contributed by atoms with Gasteiger partial charge in [0.15, 0.2) is 0 Å².